The van der Waals surface area contributed by atoms with Gasteiger partial charge in [-0.05, 0) is 88.4 Å². The standard InChI is InChI=1S/C41H49NO6/c1-27(2)37-22-29(39(44)24-38(37)28(3)4)12-21-40(45)42-25-34(43)23-33(42)26-48-41(30-10-8-7-9-11-30,31-13-17-35(46-5)18-14-31)32-15-19-36(47-6)20-16-32/h7-11,13-20,22,24,27-28,33-34,43-44H,12,21,23,25-26H2,1-6H3. The smallest absolute Gasteiger partial charge is 0.223 e. The monoisotopic (exact) mass is 651 g/mol. The summed E-state index contributed by atoms with van der Waals surface area (Å²) < 4.78 is 18.0. The highest BCUT2D eigenvalue weighted by Crippen LogP contribution is 2.42. The molecule has 1 fully saturated rings. The minimum atomic E-state index is -1.03. The van der Waals surface area contributed by atoms with E-state index in [0.717, 1.165) is 39.3 Å². The average Bonchev–Trinajstić information content (AvgIpc) is 3.48. The predicted octanol–water partition coefficient (Wildman–Crippen LogP) is 7.56. The summed E-state index contributed by atoms with van der Waals surface area (Å²) in [4.78, 5) is 15.6. The van der Waals surface area contributed by atoms with Crippen LogP contribution in [0.15, 0.2) is 91.0 Å². The molecule has 48 heavy (non-hydrogen) atoms. The Morgan fingerprint density at radius 2 is 1.33 bits per heavy atom. The molecule has 1 amide bonds. The van der Waals surface area contributed by atoms with Gasteiger partial charge in [-0.1, -0.05) is 88.4 Å². The summed E-state index contributed by atoms with van der Waals surface area (Å²) in [6, 6.07) is 29.3. The van der Waals surface area contributed by atoms with Gasteiger partial charge in [0, 0.05) is 13.0 Å². The number of phenols is 1. The van der Waals surface area contributed by atoms with E-state index in [4.69, 9.17) is 14.2 Å². The van der Waals surface area contributed by atoms with Crippen LogP contribution in [0.1, 0.15) is 85.8 Å². The van der Waals surface area contributed by atoms with E-state index >= 15 is 0 Å². The fourth-order valence-electron chi connectivity index (χ4n) is 6.90. The molecule has 1 heterocycles. The number of benzene rings is 4. The van der Waals surface area contributed by atoms with E-state index < -0.39 is 11.7 Å². The first-order valence-corrected chi connectivity index (χ1v) is 16.9. The van der Waals surface area contributed by atoms with Crippen molar-refractivity contribution >= 4 is 5.91 Å². The maximum Gasteiger partial charge on any atom is 0.223 e. The lowest BCUT2D eigenvalue weighted by Crippen LogP contribution is -2.42. The molecule has 4 aromatic carbocycles. The molecule has 1 saturated heterocycles. The van der Waals surface area contributed by atoms with Crippen molar-refractivity contribution in [1.82, 2.24) is 4.90 Å². The van der Waals surface area contributed by atoms with Gasteiger partial charge in [-0.25, -0.2) is 0 Å². The molecule has 0 spiro atoms. The van der Waals surface area contributed by atoms with Crippen LogP contribution in [0.25, 0.3) is 0 Å². The van der Waals surface area contributed by atoms with E-state index in [1.165, 1.54) is 5.56 Å². The highest BCUT2D eigenvalue weighted by atomic mass is 16.5. The number of carbonyl (C=O) groups excluding carboxylic acids is 1. The Hall–Kier alpha value is -4.33. The largest absolute Gasteiger partial charge is 0.508 e. The Morgan fingerprint density at radius 3 is 1.85 bits per heavy atom. The summed E-state index contributed by atoms with van der Waals surface area (Å²) in [5.74, 6) is 2.21. The van der Waals surface area contributed by atoms with Gasteiger partial charge < -0.3 is 29.3 Å². The molecule has 7 nitrogen and oxygen atoms in total. The quantitative estimate of drug-likeness (QED) is 0.145. The third-order valence-electron chi connectivity index (χ3n) is 9.51. The molecule has 2 N–H and O–H groups in total. The van der Waals surface area contributed by atoms with Crippen LogP contribution in [-0.2, 0) is 21.6 Å². The number of rotatable bonds is 13. The van der Waals surface area contributed by atoms with Crippen molar-refractivity contribution < 1.29 is 29.2 Å². The minimum absolute atomic E-state index is 0.0715. The van der Waals surface area contributed by atoms with Gasteiger partial charge in [0.1, 0.15) is 22.8 Å². The van der Waals surface area contributed by atoms with Crippen LogP contribution in [-0.4, -0.2) is 60.5 Å². The minimum Gasteiger partial charge on any atom is -0.508 e. The Labute approximate surface area is 285 Å². The summed E-state index contributed by atoms with van der Waals surface area (Å²) in [7, 11) is 3.28. The lowest BCUT2D eigenvalue weighted by molar-refractivity contribution is -0.134. The van der Waals surface area contributed by atoms with Crippen LogP contribution in [0, 0.1) is 0 Å². The number of ether oxygens (including phenoxy) is 3. The molecular formula is C41H49NO6. The summed E-state index contributed by atoms with van der Waals surface area (Å²) >= 11 is 0. The predicted molar refractivity (Wildman–Crippen MR) is 189 cm³/mol. The second-order valence-electron chi connectivity index (χ2n) is 13.3. The van der Waals surface area contributed by atoms with Crippen molar-refractivity contribution in [2.75, 3.05) is 27.4 Å². The molecule has 2 atom stereocenters. The normalized spacial score (nSPS) is 16.5. The second kappa shape index (κ2) is 15.3. The van der Waals surface area contributed by atoms with Gasteiger partial charge in [-0.2, -0.15) is 0 Å². The van der Waals surface area contributed by atoms with Crippen LogP contribution in [0.4, 0.5) is 0 Å². The SMILES string of the molecule is COc1ccc(C(OCC2CC(O)CN2C(=O)CCc2cc(C(C)C)c(C(C)C)cc2O)(c2ccccc2)c2ccc(OC)cc2)cc1. The molecule has 254 valence electrons. The van der Waals surface area contributed by atoms with E-state index in [1.54, 1.807) is 19.1 Å². The van der Waals surface area contributed by atoms with Crippen molar-refractivity contribution in [3.05, 3.63) is 124 Å². The molecule has 0 radical (unpaired) electrons. The van der Waals surface area contributed by atoms with Crippen molar-refractivity contribution in [1.29, 1.82) is 0 Å². The van der Waals surface area contributed by atoms with Crippen LogP contribution in [0.2, 0.25) is 0 Å². The van der Waals surface area contributed by atoms with Gasteiger partial charge >= 0.3 is 0 Å². The van der Waals surface area contributed by atoms with E-state index in [-0.39, 0.29) is 43.2 Å². The van der Waals surface area contributed by atoms with Gasteiger partial charge in [-0.3, -0.25) is 4.79 Å². The molecule has 0 bridgehead atoms. The van der Waals surface area contributed by atoms with Crippen LogP contribution in [0.3, 0.4) is 0 Å². The van der Waals surface area contributed by atoms with E-state index in [1.807, 2.05) is 84.9 Å². The first kappa shape index (κ1) is 35.0. The average molecular weight is 652 g/mol. The molecular weight excluding hydrogens is 602 g/mol. The fraction of sp³-hybridized carbons (Fsp3) is 0.390. The van der Waals surface area contributed by atoms with E-state index in [9.17, 15) is 15.0 Å². The van der Waals surface area contributed by atoms with Crippen LogP contribution in [0.5, 0.6) is 17.2 Å². The van der Waals surface area contributed by atoms with Gasteiger partial charge in [0.2, 0.25) is 5.91 Å². The van der Waals surface area contributed by atoms with Gasteiger partial charge in [0.15, 0.2) is 0 Å². The third-order valence-corrected chi connectivity index (χ3v) is 9.51. The molecule has 1 aliphatic rings. The zero-order valence-corrected chi connectivity index (χ0v) is 29.0. The molecule has 0 saturated carbocycles. The number of aliphatic hydroxyl groups is 1. The molecule has 1 aliphatic heterocycles. The number of hydrogen-bond acceptors (Lipinski definition) is 6. The Bertz CT molecular complexity index is 1600. The first-order valence-electron chi connectivity index (χ1n) is 16.9. The Kier molecular flexibility index (Phi) is 11.1. The number of phenolic OH excluding ortho intramolecular Hbond substituents is 1. The van der Waals surface area contributed by atoms with E-state index in [2.05, 4.69) is 33.8 Å². The molecule has 4 aromatic rings. The topological polar surface area (TPSA) is 88.5 Å². The fourth-order valence-corrected chi connectivity index (χ4v) is 6.90. The maximum absolute atomic E-state index is 13.8. The number of aryl methyl sites for hydroxylation is 1. The van der Waals surface area contributed by atoms with Crippen molar-refractivity contribution in [2.24, 2.45) is 0 Å². The van der Waals surface area contributed by atoms with Gasteiger partial charge in [0.25, 0.3) is 0 Å². The Balaban J connectivity index is 1.44. The van der Waals surface area contributed by atoms with E-state index in [0.29, 0.717) is 18.8 Å². The van der Waals surface area contributed by atoms with Crippen molar-refractivity contribution in [2.45, 2.75) is 76.5 Å². The number of carbonyl (C=O) groups is 1. The maximum atomic E-state index is 13.8. The molecule has 0 aliphatic carbocycles. The number of methoxy groups -OCH3 is 2. The van der Waals surface area contributed by atoms with Gasteiger partial charge in [0.05, 0.1) is 33.0 Å². The lowest BCUT2D eigenvalue weighted by atomic mass is 9.80. The number of amides is 1. The number of aliphatic hydroxyl groups excluding tert-OH is 1. The zero-order valence-electron chi connectivity index (χ0n) is 29.0. The van der Waals surface area contributed by atoms with Crippen molar-refractivity contribution in [3.8, 4) is 17.2 Å². The van der Waals surface area contributed by atoms with Crippen LogP contribution < -0.4 is 9.47 Å². The van der Waals surface area contributed by atoms with Gasteiger partial charge in [-0.15, -0.1) is 0 Å². The molecule has 0 aromatic heterocycles. The highest BCUT2D eigenvalue weighted by Gasteiger charge is 2.41. The Morgan fingerprint density at radius 1 is 0.812 bits per heavy atom. The van der Waals surface area contributed by atoms with Crippen molar-refractivity contribution in [3.63, 3.8) is 0 Å². The van der Waals surface area contributed by atoms with Crippen LogP contribution >= 0.6 is 0 Å². The molecule has 7 heteroatoms. The first-order chi connectivity index (χ1) is 23.1. The summed E-state index contributed by atoms with van der Waals surface area (Å²) in [5.41, 5.74) is 4.80. The third kappa shape index (κ3) is 7.38. The number of hydrogen-bond donors (Lipinski definition) is 2. The molecule has 2 unspecified atom stereocenters. The lowest BCUT2D eigenvalue weighted by Gasteiger charge is -2.38. The summed E-state index contributed by atoms with van der Waals surface area (Å²) in [5, 5.41) is 21.7. The second-order valence-corrected chi connectivity index (χ2v) is 13.3. The number of β-amino-alcohol motifs (C(OH)–C–C–N with tert-alkyl or cyclic N) is 1. The summed E-state index contributed by atoms with van der Waals surface area (Å²) in [6.45, 7) is 8.99. The molecule has 5 rings (SSSR count). The number of likely N-dealkylation sites (tertiary alicyclic amines) is 1. The zero-order chi connectivity index (χ0) is 34.4. The summed E-state index contributed by atoms with van der Waals surface area (Å²) in [6.07, 6.45) is 0.389. The number of aromatic hydroxyl groups is 1. The number of nitrogens with zero attached hydrogens (tertiary/aromatic N) is 1. The highest BCUT2D eigenvalue weighted by molar-refractivity contribution is 5.77.